The molecule has 1 aromatic heterocycles. The largest absolute Gasteiger partial charge is 0.462 e. The number of thioether (sulfide) groups is 1. The van der Waals surface area contributed by atoms with E-state index < -0.39 is 0 Å². The molecule has 16 heavy (non-hydrogen) atoms. The van der Waals surface area contributed by atoms with Crippen molar-refractivity contribution in [1.29, 1.82) is 0 Å². The topological polar surface area (TPSA) is 121 Å². The second kappa shape index (κ2) is 5.56. The molecule has 9 heteroatoms. The van der Waals surface area contributed by atoms with Crippen molar-refractivity contribution in [3.63, 3.8) is 0 Å². The smallest absolute Gasteiger partial charge is 0.316 e. The molecule has 0 atom stereocenters. The highest BCUT2D eigenvalue weighted by atomic mass is 32.2. The summed E-state index contributed by atoms with van der Waals surface area (Å²) in [6, 6.07) is 0. The van der Waals surface area contributed by atoms with Crippen LogP contribution in [-0.4, -0.2) is 32.7 Å². The van der Waals surface area contributed by atoms with E-state index in [0.717, 1.165) is 16.4 Å². The van der Waals surface area contributed by atoms with Gasteiger partial charge >= 0.3 is 5.97 Å². The van der Waals surface area contributed by atoms with E-state index in [0.29, 0.717) is 5.16 Å². The maximum absolute atomic E-state index is 11.2. The van der Waals surface area contributed by atoms with E-state index >= 15 is 0 Å². The Balaban J connectivity index is 2.48. The van der Waals surface area contributed by atoms with Gasteiger partial charge in [-0.3, -0.25) is 10.2 Å². The molecule has 8 nitrogen and oxygen atoms in total. The van der Waals surface area contributed by atoms with Crippen LogP contribution in [0, 0.1) is 0 Å². The third-order valence-corrected chi connectivity index (χ3v) is 2.40. The highest BCUT2D eigenvalue weighted by molar-refractivity contribution is 7.99. The fourth-order valence-electron chi connectivity index (χ4n) is 0.894. The zero-order valence-electron chi connectivity index (χ0n) is 9.01. The van der Waals surface area contributed by atoms with Gasteiger partial charge in [-0.15, -0.1) is 10.2 Å². The Labute approximate surface area is 96.7 Å². The first kappa shape index (κ1) is 12.6. The summed E-state index contributed by atoms with van der Waals surface area (Å²) in [6.45, 7) is 3.56. The first-order valence-corrected chi connectivity index (χ1v) is 5.52. The van der Waals surface area contributed by atoms with Crippen LogP contribution in [0.2, 0.25) is 0 Å². The Kier molecular flexibility index (Phi) is 4.38. The molecular weight excluding hydrogens is 232 g/mol. The van der Waals surface area contributed by atoms with Crippen molar-refractivity contribution < 1.29 is 9.53 Å². The van der Waals surface area contributed by atoms with Gasteiger partial charge in [-0.2, -0.15) is 0 Å². The third-order valence-electron chi connectivity index (χ3n) is 1.48. The average molecular weight is 246 g/mol. The summed E-state index contributed by atoms with van der Waals surface area (Å²) in [5, 5.41) is 7.77. The molecule has 0 bridgehead atoms. The van der Waals surface area contributed by atoms with Crippen LogP contribution >= 0.6 is 11.8 Å². The lowest BCUT2D eigenvalue weighted by Crippen LogP contribution is -2.19. The minimum atomic E-state index is -0.328. The normalized spacial score (nSPS) is 10.5. The Morgan fingerprint density at radius 3 is 2.81 bits per heavy atom. The second-order valence-corrected chi connectivity index (χ2v) is 4.09. The van der Waals surface area contributed by atoms with E-state index in [1.807, 2.05) is 0 Å². The van der Waals surface area contributed by atoms with Gasteiger partial charge in [0, 0.05) is 0 Å². The number of ether oxygens (including phenoxy) is 1. The van der Waals surface area contributed by atoms with E-state index in [-0.39, 0.29) is 23.8 Å². The monoisotopic (exact) mass is 246 g/mol. The summed E-state index contributed by atoms with van der Waals surface area (Å²) >= 11 is 1.13. The molecule has 0 aliphatic heterocycles. The Bertz CT molecular complexity index is 366. The quantitative estimate of drug-likeness (QED) is 0.270. The van der Waals surface area contributed by atoms with Crippen LogP contribution in [0.1, 0.15) is 13.8 Å². The lowest BCUT2D eigenvalue weighted by molar-refractivity contribution is -0.144. The van der Waals surface area contributed by atoms with Crippen LogP contribution in [0.3, 0.4) is 0 Å². The summed E-state index contributed by atoms with van der Waals surface area (Å²) in [5.41, 5.74) is 2.27. The molecule has 5 N–H and O–H groups in total. The van der Waals surface area contributed by atoms with Gasteiger partial charge < -0.3 is 10.6 Å². The molecule has 0 unspecified atom stereocenters. The molecule has 1 rings (SSSR count). The maximum atomic E-state index is 11.2. The highest BCUT2D eigenvalue weighted by Gasteiger charge is 2.12. The van der Waals surface area contributed by atoms with E-state index in [9.17, 15) is 4.79 Å². The van der Waals surface area contributed by atoms with Gasteiger partial charge in [-0.1, -0.05) is 11.8 Å². The molecule has 0 aliphatic carbocycles. The standard InChI is InChI=1S/C7H14N6O2S/c1-4(2)15-5(14)3-16-7-12-11-6(10-8)13(7)9/h4H,3,8-9H2,1-2H3,(H,10,11). The molecule has 0 saturated carbocycles. The zero-order valence-corrected chi connectivity index (χ0v) is 9.82. The van der Waals surface area contributed by atoms with E-state index in [4.69, 9.17) is 16.4 Å². The van der Waals surface area contributed by atoms with Crippen molar-refractivity contribution in [2.45, 2.75) is 25.1 Å². The summed E-state index contributed by atoms with van der Waals surface area (Å²) in [6.07, 6.45) is -0.134. The second-order valence-electron chi connectivity index (χ2n) is 3.15. The third kappa shape index (κ3) is 3.28. The number of hydrazine groups is 1. The fraction of sp³-hybridized carbons (Fsp3) is 0.571. The van der Waals surface area contributed by atoms with Crippen molar-refractivity contribution >= 4 is 23.7 Å². The molecule has 0 amide bonds. The molecule has 0 aliphatic rings. The maximum Gasteiger partial charge on any atom is 0.316 e. The number of nitrogens with two attached hydrogens (primary N) is 2. The van der Waals surface area contributed by atoms with Gasteiger partial charge in [0.05, 0.1) is 11.9 Å². The van der Waals surface area contributed by atoms with Crippen LogP contribution in [0.25, 0.3) is 0 Å². The number of anilines is 1. The number of carbonyl (C=O) groups is 1. The molecule has 0 radical (unpaired) electrons. The SMILES string of the molecule is CC(C)OC(=O)CSc1nnc(NN)n1N. The summed E-state index contributed by atoms with van der Waals surface area (Å²) in [4.78, 5) is 11.2. The van der Waals surface area contributed by atoms with Gasteiger partial charge in [-0.05, 0) is 13.8 Å². The minimum absolute atomic E-state index is 0.123. The molecule has 1 heterocycles. The minimum Gasteiger partial charge on any atom is -0.462 e. The van der Waals surface area contributed by atoms with Crippen molar-refractivity contribution in [2.75, 3.05) is 17.0 Å². The number of nitrogen functional groups attached to an aromatic ring is 2. The van der Waals surface area contributed by atoms with E-state index in [1.165, 1.54) is 0 Å². The number of carbonyl (C=O) groups excluding carboxylic acids is 1. The number of aromatic nitrogens is 3. The van der Waals surface area contributed by atoms with Gasteiger partial charge in [0.2, 0.25) is 5.16 Å². The molecular formula is C7H14N6O2S. The summed E-state index contributed by atoms with van der Waals surface area (Å²) in [5.74, 6) is 10.7. The first-order valence-electron chi connectivity index (χ1n) is 4.54. The summed E-state index contributed by atoms with van der Waals surface area (Å²) in [7, 11) is 0. The first-order chi connectivity index (χ1) is 7.54. The lowest BCUT2D eigenvalue weighted by Gasteiger charge is -2.07. The zero-order chi connectivity index (χ0) is 12.1. The predicted molar refractivity (Wildman–Crippen MR) is 59.9 cm³/mol. The molecule has 90 valence electrons. The average Bonchev–Trinajstić information content (AvgIpc) is 2.55. The van der Waals surface area contributed by atoms with Crippen molar-refractivity contribution in [3.8, 4) is 0 Å². The van der Waals surface area contributed by atoms with E-state index in [2.05, 4.69) is 15.6 Å². The number of hydrogen-bond acceptors (Lipinski definition) is 8. The highest BCUT2D eigenvalue weighted by Crippen LogP contribution is 2.16. The van der Waals surface area contributed by atoms with Gasteiger partial charge in [0.25, 0.3) is 5.95 Å². The molecule has 0 aromatic carbocycles. The number of esters is 1. The summed E-state index contributed by atoms with van der Waals surface area (Å²) < 4.78 is 6.11. The molecule has 0 saturated heterocycles. The number of nitrogens with zero attached hydrogens (tertiary/aromatic N) is 3. The van der Waals surface area contributed by atoms with Crippen LogP contribution in [0.5, 0.6) is 0 Å². The number of hydrogen-bond donors (Lipinski definition) is 3. The van der Waals surface area contributed by atoms with Crippen molar-refractivity contribution in [2.24, 2.45) is 5.84 Å². The lowest BCUT2D eigenvalue weighted by atomic mass is 10.5. The van der Waals surface area contributed by atoms with Crippen LogP contribution in [0.4, 0.5) is 5.95 Å². The molecule has 1 aromatic rings. The Morgan fingerprint density at radius 1 is 1.62 bits per heavy atom. The van der Waals surface area contributed by atoms with Crippen molar-refractivity contribution in [3.05, 3.63) is 0 Å². The van der Waals surface area contributed by atoms with Gasteiger partial charge in [0.15, 0.2) is 0 Å². The predicted octanol–water partition coefficient (Wildman–Crippen LogP) is -0.679. The Hall–Kier alpha value is -1.48. The molecule has 0 spiro atoms. The number of nitrogens with one attached hydrogen (secondary N) is 1. The van der Waals surface area contributed by atoms with E-state index in [1.54, 1.807) is 13.8 Å². The number of rotatable bonds is 5. The van der Waals surface area contributed by atoms with Crippen LogP contribution in [-0.2, 0) is 9.53 Å². The fourth-order valence-corrected chi connectivity index (χ4v) is 1.53. The van der Waals surface area contributed by atoms with Crippen LogP contribution < -0.4 is 17.1 Å². The van der Waals surface area contributed by atoms with Crippen LogP contribution in [0.15, 0.2) is 5.16 Å². The van der Waals surface area contributed by atoms with Crippen molar-refractivity contribution in [1.82, 2.24) is 14.9 Å². The Morgan fingerprint density at radius 2 is 2.31 bits per heavy atom. The van der Waals surface area contributed by atoms with Gasteiger partial charge in [-0.25, -0.2) is 10.5 Å². The van der Waals surface area contributed by atoms with Gasteiger partial charge in [0.1, 0.15) is 0 Å². The molecule has 0 fully saturated rings.